The molecule has 2 aromatic carbocycles. The molecule has 0 bridgehead atoms. The van der Waals surface area contributed by atoms with E-state index in [-0.39, 0.29) is 12.3 Å². The van der Waals surface area contributed by atoms with Gasteiger partial charge in [0.25, 0.3) is 0 Å². The van der Waals surface area contributed by atoms with Crippen molar-refractivity contribution in [1.29, 1.82) is 0 Å². The second-order valence-electron chi connectivity index (χ2n) is 6.82. The van der Waals surface area contributed by atoms with Gasteiger partial charge < -0.3 is 4.90 Å². The van der Waals surface area contributed by atoms with E-state index in [1.807, 2.05) is 0 Å². The summed E-state index contributed by atoms with van der Waals surface area (Å²) in [5.41, 5.74) is 3.11. The van der Waals surface area contributed by atoms with Crippen LogP contribution in [-0.2, 0) is 24.2 Å². The van der Waals surface area contributed by atoms with Crippen LogP contribution >= 0.6 is 11.6 Å². The van der Waals surface area contributed by atoms with Crippen LogP contribution in [0.5, 0.6) is 0 Å². The molecule has 0 N–H and O–H groups in total. The molecule has 1 fully saturated rings. The molecule has 2 aliphatic heterocycles. The number of amides is 1. The topological polar surface area (TPSA) is 23.6 Å². The van der Waals surface area contributed by atoms with Gasteiger partial charge in [-0.15, -0.1) is 0 Å². The Hall–Kier alpha value is -1.91. The van der Waals surface area contributed by atoms with Crippen LogP contribution in [0.2, 0.25) is 5.02 Å². The summed E-state index contributed by atoms with van der Waals surface area (Å²) in [5, 5.41) is 0.318. The minimum atomic E-state index is -0.412. The Kier molecular flexibility index (Phi) is 4.48. The maximum Gasteiger partial charge on any atom is 0.227 e. The SMILES string of the molecule is O=C(Cc1c(F)cccc1Cl)N1CC(N2CCc3ccccc3C2)C1. The molecule has 0 radical (unpaired) electrons. The molecular formula is C20H20ClFN2O. The third-order valence-electron chi connectivity index (χ3n) is 5.28. The highest BCUT2D eigenvalue weighted by molar-refractivity contribution is 6.31. The van der Waals surface area contributed by atoms with Crippen molar-refractivity contribution >= 4 is 17.5 Å². The molecule has 4 rings (SSSR count). The second kappa shape index (κ2) is 6.77. The summed E-state index contributed by atoms with van der Waals surface area (Å²) in [5.74, 6) is -0.466. The van der Waals surface area contributed by atoms with E-state index >= 15 is 0 Å². The second-order valence-corrected chi connectivity index (χ2v) is 7.23. The van der Waals surface area contributed by atoms with Crippen molar-refractivity contribution in [1.82, 2.24) is 9.80 Å². The highest BCUT2D eigenvalue weighted by atomic mass is 35.5. The van der Waals surface area contributed by atoms with E-state index in [1.54, 1.807) is 17.0 Å². The number of hydrogen-bond donors (Lipinski definition) is 0. The van der Waals surface area contributed by atoms with E-state index in [4.69, 9.17) is 11.6 Å². The van der Waals surface area contributed by atoms with Crippen LogP contribution in [-0.4, -0.2) is 41.4 Å². The quantitative estimate of drug-likeness (QED) is 0.840. The number of benzene rings is 2. The van der Waals surface area contributed by atoms with Crippen molar-refractivity contribution in [3.63, 3.8) is 0 Å². The number of carbonyl (C=O) groups excluding carboxylic acids is 1. The lowest BCUT2D eigenvalue weighted by Gasteiger charge is -2.47. The maximum atomic E-state index is 13.8. The molecule has 1 amide bonds. The Balaban J connectivity index is 1.34. The summed E-state index contributed by atoms with van der Waals surface area (Å²) in [6, 6.07) is 13.5. The van der Waals surface area contributed by atoms with Crippen molar-refractivity contribution in [2.24, 2.45) is 0 Å². The van der Waals surface area contributed by atoms with Gasteiger partial charge in [0.1, 0.15) is 5.82 Å². The van der Waals surface area contributed by atoms with Crippen molar-refractivity contribution < 1.29 is 9.18 Å². The number of hydrogen-bond acceptors (Lipinski definition) is 2. The molecule has 0 atom stereocenters. The normalized spacial score (nSPS) is 17.9. The minimum Gasteiger partial charge on any atom is -0.339 e. The zero-order valence-corrected chi connectivity index (χ0v) is 14.7. The standard InChI is InChI=1S/C20H20ClFN2O/c21-18-6-3-7-19(22)17(18)10-20(25)24-12-16(13-24)23-9-8-14-4-1-2-5-15(14)11-23/h1-7,16H,8-13H2. The maximum absolute atomic E-state index is 13.8. The van der Waals surface area contributed by atoms with Gasteiger partial charge in [-0.2, -0.15) is 0 Å². The number of fused-ring (bicyclic) bond motifs is 1. The predicted octanol–water partition coefficient (Wildman–Crippen LogP) is 3.29. The molecule has 0 aromatic heterocycles. The third-order valence-corrected chi connectivity index (χ3v) is 5.64. The fourth-order valence-corrected chi connectivity index (χ4v) is 3.91. The van der Waals surface area contributed by atoms with Crippen LogP contribution in [0, 0.1) is 5.82 Å². The fraction of sp³-hybridized carbons (Fsp3) is 0.350. The van der Waals surface area contributed by atoms with Crippen LogP contribution in [0.1, 0.15) is 16.7 Å². The Labute approximate surface area is 152 Å². The van der Waals surface area contributed by atoms with Crippen LogP contribution in [0.4, 0.5) is 4.39 Å². The van der Waals surface area contributed by atoms with Crippen LogP contribution in [0.25, 0.3) is 0 Å². The van der Waals surface area contributed by atoms with Crippen LogP contribution in [0.15, 0.2) is 42.5 Å². The largest absolute Gasteiger partial charge is 0.339 e. The molecule has 2 aliphatic rings. The summed E-state index contributed by atoms with van der Waals surface area (Å²) >= 11 is 6.02. The molecule has 0 unspecified atom stereocenters. The van der Waals surface area contributed by atoms with Gasteiger partial charge in [-0.1, -0.05) is 41.9 Å². The van der Waals surface area contributed by atoms with Gasteiger partial charge in [-0.25, -0.2) is 4.39 Å². The van der Waals surface area contributed by atoms with E-state index in [0.717, 1.165) is 19.5 Å². The lowest BCUT2D eigenvalue weighted by atomic mass is 9.96. The van der Waals surface area contributed by atoms with Crippen LogP contribution in [0.3, 0.4) is 0 Å². The zero-order valence-electron chi connectivity index (χ0n) is 13.9. The molecule has 3 nitrogen and oxygen atoms in total. The Morgan fingerprint density at radius 3 is 2.64 bits per heavy atom. The third kappa shape index (κ3) is 3.29. The molecule has 1 saturated heterocycles. The molecule has 5 heteroatoms. The van der Waals surface area contributed by atoms with Crippen molar-refractivity contribution in [2.45, 2.75) is 25.4 Å². The smallest absolute Gasteiger partial charge is 0.227 e. The van der Waals surface area contributed by atoms with Crippen molar-refractivity contribution in [2.75, 3.05) is 19.6 Å². The van der Waals surface area contributed by atoms with Crippen molar-refractivity contribution in [3.05, 3.63) is 70.0 Å². The van der Waals surface area contributed by atoms with Gasteiger partial charge in [0.05, 0.1) is 6.42 Å². The Bertz CT molecular complexity index is 784. The minimum absolute atomic E-state index is 0.0288. The summed E-state index contributed by atoms with van der Waals surface area (Å²) in [7, 11) is 0. The van der Waals surface area contributed by atoms with Gasteiger partial charge in [0.2, 0.25) is 5.91 Å². The number of likely N-dealkylation sites (tertiary alicyclic amines) is 1. The van der Waals surface area contributed by atoms with Gasteiger partial charge in [0, 0.05) is 42.8 Å². The fourth-order valence-electron chi connectivity index (χ4n) is 3.68. The molecule has 2 heterocycles. The van der Waals surface area contributed by atoms with Gasteiger partial charge >= 0.3 is 0 Å². The summed E-state index contributed by atoms with van der Waals surface area (Å²) in [6.07, 6.45) is 1.09. The molecule has 0 saturated carbocycles. The van der Waals surface area contributed by atoms with E-state index in [0.29, 0.717) is 29.7 Å². The average Bonchev–Trinajstić information content (AvgIpc) is 2.57. The first-order valence-corrected chi connectivity index (χ1v) is 9.01. The zero-order chi connectivity index (χ0) is 17.4. The first kappa shape index (κ1) is 16.6. The van der Waals surface area contributed by atoms with E-state index in [9.17, 15) is 9.18 Å². The number of carbonyl (C=O) groups is 1. The van der Waals surface area contributed by atoms with E-state index in [2.05, 4.69) is 29.2 Å². The highest BCUT2D eigenvalue weighted by Crippen LogP contribution is 2.26. The van der Waals surface area contributed by atoms with Crippen molar-refractivity contribution in [3.8, 4) is 0 Å². The number of halogens is 2. The lowest BCUT2D eigenvalue weighted by Crippen LogP contribution is -2.61. The van der Waals surface area contributed by atoms with Gasteiger partial charge in [-0.3, -0.25) is 9.69 Å². The van der Waals surface area contributed by atoms with E-state index < -0.39 is 5.82 Å². The molecule has 25 heavy (non-hydrogen) atoms. The summed E-state index contributed by atoms with van der Waals surface area (Å²) in [4.78, 5) is 16.7. The molecular weight excluding hydrogens is 339 g/mol. The average molecular weight is 359 g/mol. The van der Waals surface area contributed by atoms with Gasteiger partial charge in [-0.05, 0) is 29.7 Å². The number of rotatable bonds is 3. The predicted molar refractivity (Wildman–Crippen MR) is 96.0 cm³/mol. The highest BCUT2D eigenvalue weighted by Gasteiger charge is 2.36. The molecule has 0 spiro atoms. The Morgan fingerprint density at radius 1 is 1.12 bits per heavy atom. The molecule has 0 aliphatic carbocycles. The van der Waals surface area contributed by atoms with E-state index in [1.165, 1.54) is 17.2 Å². The Morgan fingerprint density at radius 2 is 1.88 bits per heavy atom. The molecule has 2 aromatic rings. The summed E-state index contributed by atoms with van der Waals surface area (Å²) in [6.45, 7) is 3.41. The lowest BCUT2D eigenvalue weighted by molar-refractivity contribution is -0.138. The van der Waals surface area contributed by atoms with Crippen LogP contribution < -0.4 is 0 Å². The van der Waals surface area contributed by atoms with Gasteiger partial charge in [0.15, 0.2) is 0 Å². The number of nitrogens with zero attached hydrogens (tertiary/aromatic N) is 2. The summed E-state index contributed by atoms with van der Waals surface area (Å²) < 4.78 is 13.8. The first-order chi connectivity index (χ1) is 12.1. The monoisotopic (exact) mass is 358 g/mol. The molecule has 130 valence electrons. The first-order valence-electron chi connectivity index (χ1n) is 8.63.